The zero-order valence-electron chi connectivity index (χ0n) is 61.5. The van der Waals surface area contributed by atoms with E-state index in [0.29, 0.717) is 109 Å². The first-order chi connectivity index (χ1) is 56.3. The van der Waals surface area contributed by atoms with E-state index in [0.717, 1.165) is 29.9 Å². The van der Waals surface area contributed by atoms with Crippen LogP contribution in [0.3, 0.4) is 0 Å². The summed E-state index contributed by atoms with van der Waals surface area (Å²) in [6.45, 7) is 4.74. The lowest BCUT2D eigenvalue weighted by atomic mass is 10.2. The maximum Gasteiger partial charge on any atom is 0.323 e. The molecule has 606 valence electrons. The normalized spacial score (nSPS) is 11.3. The van der Waals surface area contributed by atoms with Gasteiger partial charge in [0, 0.05) is 136 Å². The van der Waals surface area contributed by atoms with E-state index in [-0.39, 0.29) is 6.03 Å². The van der Waals surface area contributed by atoms with Crippen molar-refractivity contribution in [2.45, 2.75) is 26.7 Å². The first kappa shape index (κ1) is 90.1. The van der Waals surface area contributed by atoms with Crippen LogP contribution in [-0.2, 0) is 56.3 Å². The molecule has 0 aliphatic heterocycles. The molecule has 5 unspecified atom stereocenters. The minimum absolute atomic E-state index is 0.357. The van der Waals surface area contributed by atoms with Crippen LogP contribution in [0.25, 0.3) is 0 Å². The van der Waals surface area contributed by atoms with Crippen LogP contribution in [-0.4, -0.2) is 80.6 Å². The summed E-state index contributed by atoms with van der Waals surface area (Å²) in [6, 6.07) is 77.0. The molecular weight excluding hydrogens is 1610 g/mol. The molecule has 34 nitrogen and oxygen atoms in total. The van der Waals surface area contributed by atoms with E-state index in [2.05, 4.69) is 83.7 Å². The summed E-state index contributed by atoms with van der Waals surface area (Å²) in [6.07, 6.45) is 2.08. The molecule has 0 radical (unpaired) electrons. The number of nitriles is 2. The monoisotopic (exact) mass is 1680 g/mol. The van der Waals surface area contributed by atoms with Crippen molar-refractivity contribution in [3.63, 3.8) is 0 Å². The molecule has 0 aliphatic carbocycles. The van der Waals surface area contributed by atoms with Gasteiger partial charge in [-0.2, -0.15) is 10.5 Å². The molecule has 11 rings (SSSR count). The Balaban J connectivity index is 0.000000203. The Kier molecular flexibility index (Phi) is 37.5. The molecule has 0 saturated heterocycles. The summed E-state index contributed by atoms with van der Waals surface area (Å²) >= 11 is -11.9. The number of nitrogens with zero attached hydrogens (tertiary/aromatic N) is 2. The van der Waals surface area contributed by atoms with Crippen molar-refractivity contribution in [2.75, 3.05) is 83.4 Å². The third-order valence-corrected chi connectivity index (χ3v) is 16.6. The number of nitrogens with one attached hydrogen (secondary N) is 15. The lowest BCUT2D eigenvalue weighted by molar-refractivity contribution is 0.261. The van der Waals surface area contributed by atoms with E-state index < -0.39 is 80.5 Å². The number of amides is 10. The highest BCUT2D eigenvalue weighted by Gasteiger charge is 2.11. The van der Waals surface area contributed by atoms with E-state index in [4.69, 9.17) is 20.0 Å². The number of rotatable bonds is 26. The Bertz CT molecular complexity index is 5250. The average Bonchev–Trinajstić information content (AvgIpc) is 0.885. The van der Waals surface area contributed by atoms with Crippen LogP contribution >= 0.6 is 0 Å². The lowest BCUT2D eigenvalue weighted by Gasteiger charge is -2.11. The molecule has 39 heteroatoms. The predicted octanol–water partition coefficient (Wildman–Crippen LogP) is 15.7. The molecule has 15 N–H and O–H groups in total. The number of hydrogen-bond donors (Lipinski definition) is 15. The van der Waals surface area contributed by atoms with E-state index in [9.17, 15) is 67.8 Å². The number of aryl methyl sites for hydroxylation is 1. The summed E-state index contributed by atoms with van der Waals surface area (Å²) in [5.74, 6) is 2.15. The van der Waals surface area contributed by atoms with Gasteiger partial charge in [0.1, 0.15) is 23.3 Å². The topological polar surface area (TPSA) is 532 Å². The van der Waals surface area contributed by atoms with Crippen molar-refractivity contribution in [1.82, 2.24) is 0 Å². The second kappa shape index (κ2) is 48.7. The summed E-state index contributed by atoms with van der Waals surface area (Å²) in [5, 5.41) is 44.1. The van der Waals surface area contributed by atoms with Gasteiger partial charge in [0.25, 0.3) is 0 Å². The van der Waals surface area contributed by atoms with Crippen LogP contribution in [0.5, 0.6) is 17.2 Å². The van der Waals surface area contributed by atoms with Crippen molar-refractivity contribution >= 4 is 172 Å². The van der Waals surface area contributed by atoms with Crippen LogP contribution in [0.2, 0.25) is 0 Å². The second-order valence-electron chi connectivity index (χ2n) is 23.3. The van der Waals surface area contributed by atoms with Gasteiger partial charge in [-0.1, -0.05) is 61.4 Å². The van der Waals surface area contributed by atoms with Crippen LogP contribution in [0.1, 0.15) is 36.5 Å². The third-order valence-electron chi connectivity index (χ3n) is 14.6. The Morgan fingerprint density at radius 3 is 0.846 bits per heavy atom. The standard InChI is InChI=1S/C19H17N3O4S.C17H21N3O4S.2C14H12N4O3S.C14H15N3O3S/c23-19(20-14-6-8-16(9-7-14)22-27(24)25)21-15-10-12-18(13-11-15)26-17-4-2-1-3-5-17;1-2-3-12-24-16-10-8-14(9-11-16)19-17(21)18-13-4-6-15(7-5-13)20-25(22)23;15-9-10-1-3-11(4-2-10)16-14(19)17-12-5-7-13(8-6-12)18-22(20)21;15-9-10-3-1-2-4-13(10)17-14(19)16-11-5-7-12(8-6-11)18-22(20)21;1-10-2-4-11(5-3-10)15-14(18)16-12-6-8-13(9-7-12)17-21(19)20/h1-13,22H,(H,24,25)(H2,20,21,23);4-11,20H,2-3,12H2,1H3,(H,22,23)(H2,18,19,21);2*1-8,18H,(H,20,21)(H2,16,17,19);2-9,17H,1H3,(H,19,20)(H2,15,16,18)/p-5. The molecule has 0 spiro atoms. The minimum atomic E-state index is -2.39. The number of ether oxygens (including phenoxy) is 2. The molecule has 0 bridgehead atoms. The molecule has 117 heavy (non-hydrogen) atoms. The first-order valence-electron chi connectivity index (χ1n) is 34.1. The fourth-order valence-corrected chi connectivity index (χ4v) is 10.8. The van der Waals surface area contributed by atoms with Crippen LogP contribution in [0, 0.1) is 29.6 Å². The number of unbranched alkanes of at least 4 members (excludes halogenated alkanes) is 1. The average molecular weight is 1680 g/mol. The van der Waals surface area contributed by atoms with Gasteiger partial charge in [0.05, 0.1) is 29.5 Å². The van der Waals surface area contributed by atoms with Crippen LogP contribution < -0.4 is 86.3 Å². The molecule has 11 aromatic carbocycles. The first-order valence-corrected chi connectivity index (χ1v) is 39.5. The van der Waals surface area contributed by atoms with Gasteiger partial charge >= 0.3 is 30.2 Å². The Hall–Kier alpha value is -14.1. The molecule has 0 fully saturated rings. The van der Waals surface area contributed by atoms with Crippen molar-refractivity contribution in [3.05, 3.63) is 290 Å². The van der Waals surface area contributed by atoms with Gasteiger partial charge in [-0.3, -0.25) is 21.0 Å². The number of carbonyl (C=O) groups excluding carboxylic acids is 5. The quantitative estimate of drug-likeness (QED) is 0.0177. The molecular formula is C78H72N17O17S5-5. The number of benzene rings is 11. The van der Waals surface area contributed by atoms with Crippen molar-refractivity contribution < 1.29 is 77.3 Å². The van der Waals surface area contributed by atoms with Gasteiger partial charge in [0.2, 0.25) is 0 Å². The van der Waals surface area contributed by atoms with E-state index in [1.807, 2.05) is 73.7 Å². The Morgan fingerprint density at radius 2 is 0.556 bits per heavy atom. The Labute approximate surface area is 684 Å². The maximum absolute atomic E-state index is 12.1. The van der Waals surface area contributed by atoms with Gasteiger partial charge in [0.15, 0.2) is 0 Å². The summed E-state index contributed by atoms with van der Waals surface area (Å²) in [7, 11) is 0. The highest BCUT2D eigenvalue weighted by molar-refractivity contribution is 7.81. The van der Waals surface area contributed by atoms with E-state index in [1.165, 1.54) is 24.3 Å². The molecule has 11 aromatic rings. The highest BCUT2D eigenvalue weighted by Crippen LogP contribution is 2.26. The van der Waals surface area contributed by atoms with Gasteiger partial charge in [-0.25, -0.2) is 24.0 Å². The number of carbonyl (C=O) groups is 5. The zero-order chi connectivity index (χ0) is 84.3. The summed E-state index contributed by atoms with van der Waals surface area (Å²) < 4.78 is 127. The van der Waals surface area contributed by atoms with Gasteiger partial charge in [-0.05, 0) is 244 Å². The number of urea groups is 5. The largest absolute Gasteiger partial charge is 0.755 e. The van der Waals surface area contributed by atoms with Gasteiger partial charge in [-0.15, -0.1) is 0 Å². The number of para-hydroxylation sites is 2. The van der Waals surface area contributed by atoms with E-state index in [1.54, 1.807) is 194 Å². The van der Waals surface area contributed by atoms with Crippen molar-refractivity contribution in [1.29, 1.82) is 10.5 Å². The lowest BCUT2D eigenvalue weighted by Crippen LogP contribution is -2.20. The molecule has 5 atom stereocenters. The fraction of sp³-hybridized carbons (Fsp3) is 0.0641. The Morgan fingerprint density at radius 1 is 0.308 bits per heavy atom. The van der Waals surface area contributed by atoms with Crippen LogP contribution in [0.4, 0.5) is 109 Å². The fourth-order valence-electron chi connectivity index (χ4n) is 9.20. The summed E-state index contributed by atoms with van der Waals surface area (Å²) in [4.78, 5) is 59.5. The van der Waals surface area contributed by atoms with E-state index >= 15 is 0 Å². The summed E-state index contributed by atoms with van der Waals surface area (Å²) in [5.41, 5.74) is 9.50. The maximum atomic E-state index is 12.1. The van der Waals surface area contributed by atoms with Crippen molar-refractivity contribution in [3.8, 4) is 29.4 Å². The number of hydrogen-bond acceptors (Lipinski definition) is 19. The van der Waals surface area contributed by atoms with Crippen molar-refractivity contribution in [2.24, 2.45) is 0 Å². The smallest absolute Gasteiger partial charge is 0.323 e. The van der Waals surface area contributed by atoms with Gasteiger partial charge < -0.3 is 109 Å². The predicted molar refractivity (Wildman–Crippen MR) is 451 cm³/mol. The molecule has 0 aromatic heterocycles. The number of anilines is 15. The third kappa shape index (κ3) is 36.1. The molecule has 0 aliphatic rings. The SMILES string of the molecule is CCCCOc1ccc(NC(=O)Nc2ccc(NS(=O)[O-])cc2)cc1.Cc1ccc(NC(=O)Nc2ccc(NS(=O)[O-])cc2)cc1.N#Cc1ccc(NC(=O)Nc2ccc(NS(=O)[O-])cc2)cc1.N#Cc1ccccc1NC(=O)Nc1ccc(NS(=O)[O-])cc1.O=C(Nc1ccc(NS(=O)[O-])cc1)Nc1ccc(Oc2ccccc2)cc1. The highest BCUT2D eigenvalue weighted by atomic mass is 32.2. The molecule has 0 saturated carbocycles. The molecule has 0 heterocycles. The van der Waals surface area contributed by atoms with Crippen LogP contribution in [0.15, 0.2) is 273 Å². The minimum Gasteiger partial charge on any atom is -0.755 e. The molecule has 10 amide bonds. The zero-order valence-corrected chi connectivity index (χ0v) is 65.6. The second-order valence-corrected chi connectivity index (χ2v) is 26.7.